The Morgan fingerprint density at radius 3 is 2.65 bits per heavy atom. The van der Waals surface area contributed by atoms with Crippen molar-refractivity contribution >= 4 is 22.5 Å². The van der Waals surface area contributed by atoms with Gasteiger partial charge in [-0.1, -0.05) is 41.9 Å². The number of fused-ring (bicyclic) bond motifs is 1. The van der Waals surface area contributed by atoms with Gasteiger partial charge >= 0.3 is 0 Å². The van der Waals surface area contributed by atoms with Crippen molar-refractivity contribution in [1.29, 1.82) is 0 Å². The van der Waals surface area contributed by atoms with Crippen LogP contribution in [0.15, 0.2) is 42.5 Å². The van der Waals surface area contributed by atoms with Gasteiger partial charge in [0.1, 0.15) is 11.5 Å². The lowest BCUT2D eigenvalue weighted by Crippen LogP contribution is -2.03. The molecule has 3 rings (SSSR count). The zero-order valence-electron chi connectivity index (χ0n) is 10.6. The molecular weight excluding hydrogens is 279 g/mol. The number of hydrogen-bond acceptors (Lipinski definition) is 2. The third-order valence-corrected chi connectivity index (χ3v) is 3.44. The first-order valence-corrected chi connectivity index (χ1v) is 6.60. The van der Waals surface area contributed by atoms with E-state index >= 15 is 0 Å². The van der Waals surface area contributed by atoms with Gasteiger partial charge in [0.05, 0.1) is 23.7 Å². The maximum atomic E-state index is 13.7. The molecule has 1 aromatic heterocycles. The van der Waals surface area contributed by atoms with Crippen LogP contribution in [0.3, 0.4) is 0 Å². The molecule has 0 aliphatic heterocycles. The molecule has 0 aliphatic rings. The van der Waals surface area contributed by atoms with E-state index < -0.39 is 5.82 Å². The number of aromatic nitrogens is 2. The molecule has 20 heavy (non-hydrogen) atoms. The highest BCUT2D eigenvalue weighted by atomic mass is 35.5. The van der Waals surface area contributed by atoms with Crippen LogP contribution in [0.4, 0.5) is 4.39 Å². The van der Waals surface area contributed by atoms with E-state index in [2.05, 4.69) is 5.10 Å². The SMILES string of the molecule is OCCn1nc(-c2ccccc2)c2cc(F)c(Cl)cc21. The van der Waals surface area contributed by atoms with Gasteiger partial charge in [-0.15, -0.1) is 0 Å². The molecule has 1 N–H and O–H groups in total. The Morgan fingerprint density at radius 2 is 1.95 bits per heavy atom. The van der Waals surface area contributed by atoms with Crippen LogP contribution in [-0.4, -0.2) is 21.5 Å². The van der Waals surface area contributed by atoms with E-state index in [1.807, 2.05) is 30.3 Å². The molecule has 0 amide bonds. The Balaban J connectivity index is 2.29. The summed E-state index contributed by atoms with van der Waals surface area (Å²) in [6.45, 7) is 0.297. The topological polar surface area (TPSA) is 38.0 Å². The van der Waals surface area contributed by atoms with Gasteiger partial charge in [-0.25, -0.2) is 4.39 Å². The average molecular weight is 291 g/mol. The van der Waals surface area contributed by atoms with Crippen LogP contribution < -0.4 is 0 Å². The third-order valence-electron chi connectivity index (χ3n) is 3.15. The molecule has 0 bridgehead atoms. The highest BCUT2D eigenvalue weighted by molar-refractivity contribution is 6.31. The van der Waals surface area contributed by atoms with Gasteiger partial charge in [0.15, 0.2) is 0 Å². The molecule has 5 heteroatoms. The second kappa shape index (κ2) is 5.23. The number of nitrogens with zero attached hydrogens (tertiary/aromatic N) is 2. The largest absolute Gasteiger partial charge is 0.394 e. The fourth-order valence-electron chi connectivity index (χ4n) is 2.24. The molecule has 0 radical (unpaired) electrons. The summed E-state index contributed by atoms with van der Waals surface area (Å²) in [5, 5.41) is 14.3. The van der Waals surface area contributed by atoms with Crippen molar-refractivity contribution in [3.63, 3.8) is 0 Å². The van der Waals surface area contributed by atoms with Gasteiger partial charge in [0, 0.05) is 10.9 Å². The summed E-state index contributed by atoms with van der Waals surface area (Å²) in [7, 11) is 0. The lowest BCUT2D eigenvalue weighted by molar-refractivity contribution is 0.272. The minimum atomic E-state index is -0.472. The number of aliphatic hydroxyl groups is 1. The monoisotopic (exact) mass is 290 g/mol. The molecule has 1 heterocycles. The van der Waals surface area contributed by atoms with Crippen LogP contribution in [0.25, 0.3) is 22.2 Å². The summed E-state index contributed by atoms with van der Waals surface area (Å²) in [5.74, 6) is -0.472. The molecule has 0 saturated heterocycles. The smallest absolute Gasteiger partial charge is 0.142 e. The highest BCUT2D eigenvalue weighted by Crippen LogP contribution is 2.31. The standard InChI is InChI=1S/C15H12ClFN2O/c16-12-9-14-11(8-13(12)17)15(18-19(14)6-7-20)10-4-2-1-3-5-10/h1-5,8-9,20H,6-7H2. The second-order valence-electron chi connectivity index (χ2n) is 4.44. The van der Waals surface area contributed by atoms with E-state index in [4.69, 9.17) is 16.7 Å². The summed E-state index contributed by atoms with van der Waals surface area (Å²) < 4.78 is 15.4. The number of hydrogen-bond donors (Lipinski definition) is 1. The van der Waals surface area contributed by atoms with E-state index in [-0.39, 0.29) is 11.6 Å². The van der Waals surface area contributed by atoms with Crippen LogP contribution in [0, 0.1) is 5.82 Å². The Bertz CT molecular complexity index is 755. The Labute approximate surface area is 120 Å². The number of rotatable bonds is 3. The number of benzene rings is 2. The fraction of sp³-hybridized carbons (Fsp3) is 0.133. The van der Waals surface area contributed by atoms with E-state index in [0.29, 0.717) is 23.1 Å². The fourth-order valence-corrected chi connectivity index (χ4v) is 2.40. The summed E-state index contributed by atoms with van der Waals surface area (Å²) in [5.41, 5.74) is 2.30. The number of aliphatic hydroxyl groups excluding tert-OH is 1. The zero-order chi connectivity index (χ0) is 14.1. The molecule has 2 aromatic carbocycles. The maximum Gasteiger partial charge on any atom is 0.142 e. The van der Waals surface area contributed by atoms with Gasteiger partial charge < -0.3 is 5.11 Å². The lowest BCUT2D eigenvalue weighted by atomic mass is 10.1. The summed E-state index contributed by atoms with van der Waals surface area (Å²) in [4.78, 5) is 0. The van der Waals surface area contributed by atoms with E-state index in [1.165, 1.54) is 6.07 Å². The molecular formula is C15H12ClFN2O. The van der Waals surface area contributed by atoms with Gasteiger partial charge in [-0.05, 0) is 12.1 Å². The lowest BCUT2D eigenvalue weighted by Gasteiger charge is -2.00. The molecule has 0 unspecified atom stereocenters. The minimum Gasteiger partial charge on any atom is -0.394 e. The summed E-state index contributed by atoms with van der Waals surface area (Å²) >= 11 is 5.84. The molecule has 0 fully saturated rings. The van der Waals surface area contributed by atoms with Gasteiger partial charge in [-0.2, -0.15) is 5.10 Å². The van der Waals surface area contributed by atoms with Crippen LogP contribution in [0.1, 0.15) is 0 Å². The van der Waals surface area contributed by atoms with Crippen LogP contribution in [-0.2, 0) is 6.54 Å². The maximum absolute atomic E-state index is 13.7. The van der Waals surface area contributed by atoms with E-state index in [9.17, 15) is 4.39 Å². The zero-order valence-corrected chi connectivity index (χ0v) is 11.3. The predicted octanol–water partition coefficient (Wildman–Crippen LogP) is 3.49. The quantitative estimate of drug-likeness (QED) is 0.802. The van der Waals surface area contributed by atoms with Gasteiger partial charge in [0.25, 0.3) is 0 Å². The molecule has 0 spiro atoms. The predicted molar refractivity (Wildman–Crippen MR) is 77.2 cm³/mol. The molecule has 3 nitrogen and oxygen atoms in total. The second-order valence-corrected chi connectivity index (χ2v) is 4.85. The molecule has 0 atom stereocenters. The van der Waals surface area contributed by atoms with Crippen molar-refractivity contribution in [1.82, 2.24) is 9.78 Å². The Kier molecular flexibility index (Phi) is 3.42. The van der Waals surface area contributed by atoms with Crippen LogP contribution >= 0.6 is 11.6 Å². The number of halogens is 2. The van der Waals surface area contributed by atoms with Crippen molar-refractivity contribution in [3.8, 4) is 11.3 Å². The van der Waals surface area contributed by atoms with Crippen molar-refractivity contribution in [2.45, 2.75) is 6.54 Å². The molecule has 0 saturated carbocycles. The van der Waals surface area contributed by atoms with Crippen LogP contribution in [0.5, 0.6) is 0 Å². The molecule has 3 aromatic rings. The normalized spacial score (nSPS) is 11.2. The Hall–Kier alpha value is -1.91. The van der Waals surface area contributed by atoms with E-state index in [1.54, 1.807) is 10.7 Å². The van der Waals surface area contributed by atoms with E-state index in [0.717, 1.165) is 5.56 Å². The third kappa shape index (κ3) is 2.17. The summed E-state index contributed by atoms with van der Waals surface area (Å²) in [6.07, 6.45) is 0. The first kappa shape index (κ1) is 13.1. The van der Waals surface area contributed by atoms with Crippen LogP contribution in [0.2, 0.25) is 5.02 Å². The van der Waals surface area contributed by atoms with Gasteiger partial charge in [0.2, 0.25) is 0 Å². The first-order chi connectivity index (χ1) is 9.70. The van der Waals surface area contributed by atoms with Crippen molar-refractivity contribution in [3.05, 3.63) is 53.3 Å². The summed E-state index contributed by atoms with van der Waals surface area (Å²) in [6, 6.07) is 12.5. The van der Waals surface area contributed by atoms with Gasteiger partial charge in [-0.3, -0.25) is 4.68 Å². The molecule has 0 aliphatic carbocycles. The average Bonchev–Trinajstić information content (AvgIpc) is 2.79. The molecule has 102 valence electrons. The van der Waals surface area contributed by atoms with Crippen molar-refractivity contribution in [2.75, 3.05) is 6.61 Å². The van der Waals surface area contributed by atoms with Crippen molar-refractivity contribution < 1.29 is 9.50 Å². The van der Waals surface area contributed by atoms with Crippen molar-refractivity contribution in [2.24, 2.45) is 0 Å². The minimum absolute atomic E-state index is 0.0417. The highest BCUT2D eigenvalue weighted by Gasteiger charge is 2.14. The first-order valence-electron chi connectivity index (χ1n) is 6.22. The Morgan fingerprint density at radius 1 is 1.20 bits per heavy atom.